The lowest BCUT2D eigenvalue weighted by atomic mass is 9.97. The molecule has 36 heavy (non-hydrogen) atoms. The lowest BCUT2D eigenvalue weighted by molar-refractivity contribution is -0.894. The zero-order valence-electron chi connectivity index (χ0n) is 21.7. The number of aromatic nitrogens is 1. The Bertz CT molecular complexity index is 1150. The summed E-state index contributed by atoms with van der Waals surface area (Å²) in [6.45, 7) is 8.01. The van der Waals surface area contributed by atoms with Gasteiger partial charge in [0.1, 0.15) is 5.75 Å². The molecule has 196 valence electrons. The van der Waals surface area contributed by atoms with E-state index in [1.807, 2.05) is 30.5 Å². The molecule has 0 radical (unpaired) electrons. The van der Waals surface area contributed by atoms with Crippen LogP contribution < -0.4 is 34.6 Å². The number of aryl methyl sites for hydroxylation is 1. The second-order valence-electron chi connectivity index (χ2n) is 10.4. The van der Waals surface area contributed by atoms with Gasteiger partial charge in [-0.25, -0.2) is 4.79 Å². The highest BCUT2D eigenvalue weighted by molar-refractivity contribution is 5.90. The fraction of sp³-hybridized carbons (Fsp3) is 0.464. The topological polar surface area (TPSA) is 80.4 Å². The molecule has 0 spiro atoms. The number of carbonyl (C=O) groups is 1. The largest absolute Gasteiger partial charge is 1.00 e. The number of phenols is 1. The summed E-state index contributed by atoms with van der Waals surface area (Å²) in [6.07, 6.45) is 5.41. The highest BCUT2D eigenvalue weighted by Gasteiger charge is 2.23. The van der Waals surface area contributed by atoms with E-state index >= 15 is 0 Å². The van der Waals surface area contributed by atoms with Gasteiger partial charge in [-0.2, -0.15) is 0 Å². The van der Waals surface area contributed by atoms with Gasteiger partial charge in [0.2, 0.25) is 0 Å². The number of fused-ring (bicyclic) bond motifs is 1. The number of unbranched alkanes of at least 4 members (excludes halogenated alkanes) is 1. The molecule has 4 N–H and O–H groups in total. The van der Waals surface area contributed by atoms with E-state index in [1.54, 1.807) is 0 Å². The van der Waals surface area contributed by atoms with Crippen LogP contribution in [0.25, 0.3) is 10.9 Å². The van der Waals surface area contributed by atoms with Crippen LogP contribution in [0.2, 0.25) is 0 Å². The van der Waals surface area contributed by atoms with Gasteiger partial charge < -0.3 is 49.2 Å². The molecule has 8 heteroatoms. The molecule has 1 saturated heterocycles. The second kappa shape index (κ2) is 12.8. The van der Waals surface area contributed by atoms with Gasteiger partial charge in [0.25, 0.3) is 0 Å². The number of para-hydroxylation sites is 1. The lowest BCUT2D eigenvalue weighted by Gasteiger charge is -2.39. The predicted octanol–water partition coefficient (Wildman–Crippen LogP) is 1.32. The number of nitrogens with zero attached hydrogens (tertiary/aromatic N) is 2. The van der Waals surface area contributed by atoms with Gasteiger partial charge in [-0.15, -0.1) is 0 Å². The van der Waals surface area contributed by atoms with Crippen LogP contribution in [0.4, 0.5) is 10.5 Å². The van der Waals surface area contributed by atoms with Gasteiger partial charge in [-0.1, -0.05) is 31.5 Å². The Kier molecular flexibility index (Phi) is 10.0. The van der Waals surface area contributed by atoms with Gasteiger partial charge in [-0.3, -0.25) is 4.90 Å². The van der Waals surface area contributed by atoms with E-state index in [0.717, 1.165) is 89.7 Å². The smallest absolute Gasteiger partial charge is 0.319 e. The van der Waals surface area contributed by atoms with Crippen molar-refractivity contribution in [2.45, 2.75) is 32.6 Å². The number of quaternary nitrogens is 1. The van der Waals surface area contributed by atoms with Crippen molar-refractivity contribution in [3.63, 3.8) is 0 Å². The Morgan fingerprint density at radius 1 is 1.11 bits per heavy atom. The molecular weight excluding hydrogens is 565 g/mol. The van der Waals surface area contributed by atoms with Gasteiger partial charge in [0.05, 0.1) is 27.2 Å². The lowest BCUT2D eigenvalue weighted by Crippen LogP contribution is -3.00. The molecule has 0 aliphatic carbocycles. The maximum absolute atomic E-state index is 12.7. The number of rotatable bonds is 9. The van der Waals surface area contributed by atoms with Crippen molar-refractivity contribution < 1.29 is 38.4 Å². The van der Waals surface area contributed by atoms with E-state index in [4.69, 9.17) is 0 Å². The van der Waals surface area contributed by atoms with Crippen LogP contribution >= 0.6 is 0 Å². The highest BCUT2D eigenvalue weighted by Crippen LogP contribution is 2.32. The molecule has 0 saturated carbocycles. The van der Waals surface area contributed by atoms with Crippen molar-refractivity contribution in [3.05, 3.63) is 59.3 Å². The fourth-order valence-corrected chi connectivity index (χ4v) is 4.78. The summed E-state index contributed by atoms with van der Waals surface area (Å²) >= 11 is 0. The molecule has 2 aromatic carbocycles. The number of phenolic OH excluding ortho intramolecular Hbond substituents is 1. The number of hydrogen-bond acceptors (Lipinski definition) is 3. The number of H-pyrrole nitrogens is 1. The third-order valence-corrected chi connectivity index (χ3v) is 7.14. The van der Waals surface area contributed by atoms with Crippen LogP contribution in [0.15, 0.2) is 42.6 Å². The summed E-state index contributed by atoms with van der Waals surface area (Å²) < 4.78 is 1.06. The standard InChI is InChI=1S/C28H39N5O2.HI/c1-4-5-8-21-18-24(31-28(35)29-11-12-32-13-15-33(2,3)16-14-32)19-22(27(21)34)17-23-20-30-26-10-7-6-9-25(23)26;/h6-7,9-10,18-20,30H,4-5,8,11-17H2,1-3H3,(H2-,29,31,34,35);1H. The van der Waals surface area contributed by atoms with Crippen LogP contribution in [0, 0.1) is 0 Å². The molecule has 7 nitrogen and oxygen atoms in total. The number of nitrogens with one attached hydrogen (secondary N) is 3. The molecule has 0 atom stereocenters. The number of amides is 2. The quantitative estimate of drug-likeness (QED) is 0.169. The van der Waals surface area contributed by atoms with Gasteiger partial charge in [0, 0.05) is 61.0 Å². The summed E-state index contributed by atoms with van der Waals surface area (Å²) in [4.78, 5) is 18.4. The zero-order valence-corrected chi connectivity index (χ0v) is 23.9. The van der Waals surface area contributed by atoms with Crippen molar-refractivity contribution in [2.24, 2.45) is 0 Å². The summed E-state index contributed by atoms with van der Waals surface area (Å²) in [5.41, 5.74) is 4.64. The number of piperazine rings is 1. The predicted molar refractivity (Wildman–Crippen MR) is 143 cm³/mol. The van der Waals surface area contributed by atoms with Crippen molar-refractivity contribution in [2.75, 3.05) is 58.7 Å². The zero-order chi connectivity index (χ0) is 24.8. The maximum Gasteiger partial charge on any atom is 0.319 e. The molecule has 3 aromatic rings. The SMILES string of the molecule is CCCCc1cc(NC(=O)NCCN2CC[N+](C)(C)CC2)cc(Cc2c[nH]c3ccccc23)c1O.[I-]. The third-order valence-electron chi connectivity index (χ3n) is 7.14. The molecule has 2 heterocycles. The Morgan fingerprint density at radius 3 is 2.58 bits per heavy atom. The van der Waals surface area contributed by atoms with E-state index in [-0.39, 0.29) is 30.0 Å². The Morgan fingerprint density at radius 2 is 1.83 bits per heavy atom. The van der Waals surface area contributed by atoms with Crippen LogP contribution in [-0.2, 0) is 12.8 Å². The van der Waals surface area contributed by atoms with Gasteiger partial charge >= 0.3 is 6.03 Å². The normalized spacial score (nSPS) is 15.4. The first-order valence-corrected chi connectivity index (χ1v) is 12.8. The molecule has 4 rings (SSSR count). The first-order valence-electron chi connectivity index (χ1n) is 12.8. The number of hydrogen-bond donors (Lipinski definition) is 4. The van der Waals surface area contributed by atoms with E-state index in [0.29, 0.717) is 18.7 Å². The first kappa shape index (κ1) is 28.3. The molecule has 0 unspecified atom stereocenters. The number of carbonyl (C=O) groups excluding carboxylic acids is 1. The Hall–Kier alpha value is -2.30. The van der Waals surface area contributed by atoms with E-state index < -0.39 is 0 Å². The number of halogens is 1. The van der Waals surface area contributed by atoms with Crippen LogP contribution in [-0.4, -0.2) is 78.9 Å². The third kappa shape index (κ3) is 7.36. The number of urea groups is 1. The first-order chi connectivity index (χ1) is 16.8. The van der Waals surface area contributed by atoms with Crippen LogP contribution in [0.3, 0.4) is 0 Å². The molecule has 1 aromatic heterocycles. The van der Waals surface area contributed by atoms with E-state index in [2.05, 4.69) is 53.7 Å². The maximum atomic E-state index is 12.7. The minimum atomic E-state index is -0.205. The molecule has 0 bridgehead atoms. The van der Waals surface area contributed by atoms with Crippen molar-refractivity contribution >= 4 is 22.6 Å². The second-order valence-corrected chi connectivity index (χ2v) is 10.4. The summed E-state index contributed by atoms with van der Waals surface area (Å²) in [5.74, 6) is 0.334. The molecule has 1 fully saturated rings. The number of aromatic hydroxyl groups is 1. The summed E-state index contributed by atoms with van der Waals surface area (Å²) in [5, 5.41) is 18.2. The van der Waals surface area contributed by atoms with Gasteiger partial charge in [0.15, 0.2) is 0 Å². The molecular formula is C28H40IN5O2. The summed E-state index contributed by atoms with van der Waals surface area (Å²) in [7, 11) is 4.53. The van der Waals surface area contributed by atoms with E-state index in [9.17, 15) is 9.90 Å². The van der Waals surface area contributed by atoms with Crippen molar-refractivity contribution in [3.8, 4) is 5.75 Å². The number of benzene rings is 2. The van der Waals surface area contributed by atoms with Crippen LogP contribution in [0.5, 0.6) is 5.75 Å². The number of anilines is 1. The average Bonchev–Trinajstić information content (AvgIpc) is 3.24. The molecule has 1 aliphatic heterocycles. The Balaban J connectivity index is 0.00000361. The monoisotopic (exact) mass is 605 g/mol. The van der Waals surface area contributed by atoms with Crippen molar-refractivity contribution in [1.82, 2.24) is 15.2 Å². The number of aromatic amines is 1. The average molecular weight is 606 g/mol. The number of likely N-dealkylation sites (N-methyl/N-ethyl adjacent to an activating group) is 1. The van der Waals surface area contributed by atoms with Gasteiger partial charge in [-0.05, 0) is 42.2 Å². The minimum absolute atomic E-state index is 0. The Labute approximate surface area is 231 Å². The summed E-state index contributed by atoms with van der Waals surface area (Å²) in [6, 6.07) is 11.8. The van der Waals surface area contributed by atoms with Crippen molar-refractivity contribution in [1.29, 1.82) is 0 Å². The molecule has 1 aliphatic rings. The molecule has 2 amide bonds. The fourth-order valence-electron chi connectivity index (χ4n) is 4.78. The highest BCUT2D eigenvalue weighted by atomic mass is 127. The van der Waals surface area contributed by atoms with E-state index in [1.165, 1.54) is 0 Å². The van der Waals surface area contributed by atoms with Crippen LogP contribution in [0.1, 0.15) is 36.5 Å². The minimum Gasteiger partial charge on any atom is -1.00 e.